The van der Waals surface area contributed by atoms with Crippen molar-refractivity contribution < 1.29 is 5.11 Å². The molecule has 1 aliphatic carbocycles. The highest BCUT2D eigenvalue weighted by molar-refractivity contribution is 5.92. The minimum atomic E-state index is -0.294. The molecule has 2 heterocycles. The normalized spacial score (nSPS) is 19.3. The number of aliphatic hydroxyl groups is 1. The fraction of sp³-hybridized carbons (Fsp3) is 0.364. The molecule has 5 nitrogen and oxygen atoms in total. The Hall–Kier alpha value is -2.66. The van der Waals surface area contributed by atoms with Crippen molar-refractivity contribution in [1.29, 1.82) is 0 Å². The third-order valence-electron chi connectivity index (χ3n) is 5.69. The van der Waals surface area contributed by atoms with E-state index in [-0.39, 0.29) is 6.10 Å². The average molecular weight is 360 g/mol. The lowest BCUT2D eigenvalue weighted by Crippen LogP contribution is -2.23. The number of β-amino-alcohol motifs (C(OH)–C–C–N with tert-alkyl or cyclic N) is 1. The maximum absolute atomic E-state index is 9.90. The highest BCUT2D eigenvalue weighted by atomic mass is 16.3. The largest absolute Gasteiger partial charge is 0.391 e. The van der Waals surface area contributed by atoms with Crippen molar-refractivity contribution in [3.63, 3.8) is 0 Å². The van der Waals surface area contributed by atoms with Crippen LogP contribution in [0.15, 0.2) is 42.5 Å². The molecule has 0 bridgehead atoms. The maximum atomic E-state index is 9.90. The Kier molecular flexibility index (Phi) is 4.17. The van der Waals surface area contributed by atoms with E-state index < -0.39 is 0 Å². The van der Waals surface area contributed by atoms with Crippen LogP contribution in [0, 0.1) is 0 Å². The molecule has 1 saturated heterocycles. The fourth-order valence-electron chi connectivity index (χ4n) is 4.25. The number of aromatic nitrogens is 2. The topological polar surface area (TPSA) is 61.3 Å². The first kappa shape index (κ1) is 16.5. The molecule has 0 saturated carbocycles. The van der Waals surface area contributed by atoms with Crippen LogP contribution >= 0.6 is 0 Å². The van der Waals surface area contributed by atoms with Gasteiger partial charge in [-0.15, -0.1) is 0 Å². The lowest BCUT2D eigenvalue weighted by Gasteiger charge is -2.21. The third kappa shape index (κ3) is 3.12. The predicted molar refractivity (Wildman–Crippen MR) is 109 cm³/mol. The van der Waals surface area contributed by atoms with E-state index in [9.17, 15) is 5.11 Å². The van der Waals surface area contributed by atoms with Crippen molar-refractivity contribution in [2.45, 2.75) is 38.2 Å². The minimum Gasteiger partial charge on any atom is -0.391 e. The number of hydrogen-bond acceptors (Lipinski definition) is 5. The van der Waals surface area contributed by atoms with Gasteiger partial charge in [0, 0.05) is 24.2 Å². The van der Waals surface area contributed by atoms with Crippen LogP contribution in [0.3, 0.4) is 0 Å². The van der Waals surface area contributed by atoms with E-state index in [4.69, 9.17) is 9.97 Å². The summed E-state index contributed by atoms with van der Waals surface area (Å²) in [5, 5.41) is 14.5. The number of benzene rings is 2. The molecule has 5 heteroatoms. The summed E-state index contributed by atoms with van der Waals surface area (Å²) in [5.74, 6) is 1.54. The number of nitrogens with one attached hydrogen (secondary N) is 1. The smallest absolute Gasteiger partial charge is 0.227 e. The van der Waals surface area contributed by atoms with E-state index in [2.05, 4.69) is 34.5 Å². The van der Waals surface area contributed by atoms with Crippen LogP contribution in [0.4, 0.5) is 17.5 Å². The van der Waals surface area contributed by atoms with Gasteiger partial charge in [-0.2, -0.15) is 4.98 Å². The van der Waals surface area contributed by atoms with Gasteiger partial charge in [0.25, 0.3) is 0 Å². The first-order valence-corrected chi connectivity index (χ1v) is 9.85. The van der Waals surface area contributed by atoms with Crippen molar-refractivity contribution in [3.05, 3.63) is 53.6 Å². The van der Waals surface area contributed by atoms with E-state index in [1.807, 2.05) is 18.2 Å². The molecule has 1 fully saturated rings. The van der Waals surface area contributed by atoms with Gasteiger partial charge in [-0.1, -0.05) is 24.3 Å². The van der Waals surface area contributed by atoms with Gasteiger partial charge in [-0.05, 0) is 61.4 Å². The molecule has 2 aliphatic rings. The zero-order valence-corrected chi connectivity index (χ0v) is 15.4. The van der Waals surface area contributed by atoms with Gasteiger partial charge in [0.05, 0.1) is 11.6 Å². The predicted octanol–water partition coefficient (Wildman–Crippen LogP) is 3.82. The number of aliphatic hydroxyl groups excluding tert-OH is 1. The third-order valence-corrected chi connectivity index (χ3v) is 5.69. The van der Waals surface area contributed by atoms with E-state index >= 15 is 0 Å². The number of aryl methyl sites for hydroxylation is 1. The van der Waals surface area contributed by atoms with E-state index in [0.29, 0.717) is 12.5 Å². The highest BCUT2D eigenvalue weighted by Crippen LogP contribution is 2.32. The van der Waals surface area contributed by atoms with Gasteiger partial charge in [-0.25, -0.2) is 4.98 Å². The SMILES string of the molecule is O[C@H]1CCN(c2nc(Nc3cccc4c3CCCC4)c3ccccc3n2)C1. The van der Waals surface area contributed by atoms with Crippen LogP contribution in [0.1, 0.15) is 30.4 Å². The van der Waals surface area contributed by atoms with Crippen LogP contribution in [0.2, 0.25) is 0 Å². The van der Waals surface area contributed by atoms with E-state index in [1.165, 1.54) is 24.0 Å². The van der Waals surface area contributed by atoms with Crippen LogP contribution in [0.25, 0.3) is 10.9 Å². The summed E-state index contributed by atoms with van der Waals surface area (Å²) < 4.78 is 0. The molecule has 2 N–H and O–H groups in total. The molecule has 0 unspecified atom stereocenters. The highest BCUT2D eigenvalue weighted by Gasteiger charge is 2.23. The van der Waals surface area contributed by atoms with Crippen molar-refractivity contribution in [2.24, 2.45) is 0 Å². The van der Waals surface area contributed by atoms with Crippen molar-refractivity contribution >= 4 is 28.4 Å². The summed E-state index contributed by atoms with van der Waals surface area (Å²) in [6, 6.07) is 14.7. The molecular weight excluding hydrogens is 336 g/mol. The Labute approximate surface area is 159 Å². The molecule has 1 atom stereocenters. The first-order chi connectivity index (χ1) is 13.3. The number of nitrogens with zero attached hydrogens (tertiary/aromatic N) is 3. The Morgan fingerprint density at radius 2 is 1.89 bits per heavy atom. The molecule has 0 spiro atoms. The van der Waals surface area contributed by atoms with Crippen molar-refractivity contribution in [2.75, 3.05) is 23.3 Å². The van der Waals surface area contributed by atoms with Crippen LogP contribution in [-0.4, -0.2) is 34.3 Å². The summed E-state index contributed by atoms with van der Waals surface area (Å²) in [7, 11) is 0. The fourth-order valence-corrected chi connectivity index (χ4v) is 4.25. The Bertz CT molecular complexity index is 987. The lowest BCUT2D eigenvalue weighted by molar-refractivity contribution is 0.198. The second kappa shape index (κ2) is 6.82. The summed E-state index contributed by atoms with van der Waals surface area (Å²) in [5.41, 5.74) is 4.96. The lowest BCUT2D eigenvalue weighted by atomic mass is 9.90. The van der Waals surface area contributed by atoms with Crippen molar-refractivity contribution in [3.8, 4) is 0 Å². The zero-order valence-electron chi connectivity index (χ0n) is 15.4. The van der Waals surface area contributed by atoms with Crippen molar-refractivity contribution in [1.82, 2.24) is 9.97 Å². The number of anilines is 3. The van der Waals surface area contributed by atoms with Gasteiger partial charge in [0.2, 0.25) is 5.95 Å². The molecule has 138 valence electrons. The second-order valence-corrected chi connectivity index (χ2v) is 7.55. The zero-order chi connectivity index (χ0) is 18.2. The molecule has 27 heavy (non-hydrogen) atoms. The molecule has 1 aliphatic heterocycles. The number of para-hydroxylation sites is 1. The van der Waals surface area contributed by atoms with Crippen LogP contribution < -0.4 is 10.2 Å². The summed E-state index contributed by atoms with van der Waals surface area (Å²) in [6.45, 7) is 1.39. The van der Waals surface area contributed by atoms with Crippen LogP contribution in [-0.2, 0) is 12.8 Å². The Morgan fingerprint density at radius 3 is 2.78 bits per heavy atom. The first-order valence-electron chi connectivity index (χ1n) is 9.85. The monoisotopic (exact) mass is 360 g/mol. The molecule has 1 aromatic heterocycles. The Morgan fingerprint density at radius 1 is 1.00 bits per heavy atom. The molecule has 5 rings (SSSR count). The summed E-state index contributed by atoms with van der Waals surface area (Å²) >= 11 is 0. The summed E-state index contributed by atoms with van der Waals surface area (Å²) in [4.78, 5) is 11.7. The standard InChI is InChI=1S/C22H24N4O/c27-16-12-13-26(14-16)22-24-20-10-4-3-9-18(20)21(25-22)23-19-11-5-7-15-6-1-2-8-17(15)19/h3-5,7,9-11,16,27H,1-2,6,8,12-14H2,(H,23,24,25)/t16-/m0/s1. The van der Waals surface area contributed by atoms with Gasteiger partial charge >= 0.3 is 0 Å². The molecule has 3 aromatic rings. The molecular formula is C22H24N4O. The van der Waals surface area contributed by atoms with Gasteiger partial charge in [0.15, 0.2) is 0 Å². The van der Waals surface area contributed by atoms with Crippen LogP contribution in [0.5, 0.6) is 0 Å². The number of hydrogen-bond donors (Lipinski definition) is 2. The number of rotatable bonds is 3. The molecule has 0 radical (unpaired) electrons. The molecule has 0 amide bonds. The maximum Gasteiger partial charge on any atom is 0.227 e. The van der Waals surface area contributed by atoms with Gasteiger partial charge in [0.1, 0.15) is 5.82 Å². The van der Waals surface area contributed by atoms with E-state index in [0.717, 1.165) is 48.2 Å². The second-order valence-electron chi connectivity index (χ2n) is 7.55. The Balaban J connectivity index is 1.58. The van der Waals surface area contributed by atoms with Gasteiger partial charge < -0.3 is 15.3 Å². The number of fused-ring (bicyclic) bond motifs is 2. The summed E-state index contributed by atoms with van der Waals surface area (Å²) in [6.07, 6.45) is 5.27. The molecule has 2 aromatic carbocycles. The average Bonchev–Trinajstić information content (AvgIpc) is 3.15. The minimum absolute atomic E-state index is 0.294. The van der Waals surface area contributed by atoms with E-state index in [1.54, 1.807) is 0 Å². The quantitative estimate of drug-likeness (QED) is 0.743. The van der Waals surface area contributed by atoms with Gasteiger partial charge in [-0.3, -0.25) is 0 Å².